The van der Waals surface area contributed by atoms with E-state index in [0.29, 0.717) is 30.9 Å². The van der Waals surface area contributed by atoms with E-state index in [1.807, 2.05) is 47.8 Å². The van der Waals surface area contributed by atoms with Crippen molar-refractivity contribution in [3.8, 4) is 0 Å². The summed E-state index contributed by atoms with van der Waals surface area (Å²) in [6, 6.07) is 13.2. The summed E-state index contributed by atoms with van der Waals surface area (Å²) in [4.78, 5) is 43.7. The van der Waals surface area contributed by atoms with Crippen molar-refractivity contribution in [1.82, 2.24) is 9.80 Å². The van der Waals surface area contributed by atoms with Crippen LogP contribution in [0.4, 0.5) is 5.69 Å². The van der Waals surface area contributed by atoms with Crippen molar-refractivity contribution in [3.63, 3.8) is 0 Å². The molecule has 1 atom stereocenters. The zero-order valence-electron chi connectivity index (χ0n) is 15.1. The van der Waals surface area contributed by atoms with E-state index in [1.54, 1.807) is 14.7 Å². The smallest absolute Gasteiger partial charge is 0.264 e. The quantitative estimate of drug-likeness (QED) is 0.799. The number of anilines is 1. The lowest BCUT2D eigenvalue weighted by atomic mass is 9.91. The number of nitrogens with zero attached hydrogens (tertiary/aromatic N) is 3. The van der Waals surface area contributed by atoms with Gasteiger partial charge in [-0.3, -0.25) is 14.4 Å². The first-order chi connectivity index (χ1) is 13.0. The molecule has 7 heteroatoms. The minimum absolute atomic E-state index is 0.00598. The van der Waals surface area contributed by atoms with Crippen molar-refractivity contribution in [2.45, 2.75) is 18.9 Å². The van der Waals surface area contributed by atoms with E-state index in [4.69, 9.17) is 0 Å². The van der Waals surface area contributed by atoms with E-state index in [2.05, 4.69) is 0 Å². The van der Waals surface area contributed by atoms with Gasteiger partial charge in [-0.1, -0.05) is 24.3 Å². The van der Waals surface area contributed by atoms with Gasteiger partial charge in [-0.15, -0.1) is 11.3 Å². The third-order valence-corrected chi connectivity index (χ3v) is 6.28. The molecule has 1 aromatic carbocycles. The average molecular weight is 383 g/mol. The van der Waals surface area contributed by atoms with Crippen LogP contribution in [-0.2, 0) is 9.59 Å². The Kier molecular flexibility index (Phi) is 4.47. The number of benzene rings is 1. The molecular formula is C20H21N3O3S. The summed E-state index contributed by atoms with van der Waals surface area (Å²) in [5.74, 6) is -0.222. The molecular weight excluding hydrogens is 362 g/mol. The molecule has 6 nitrogen and oxygen atoms in total. The lowest BCUT2D eigenvalue weighted by Crippen LogP contribution is -2.67. The van der Waals surface area contributed by atoms with Crippen LogP contribution in [0.3, 0.4) is 0 Å². The van der Waals surface area contributed by atoms with Crippen molar-refractivity contribution < 1.29 is 14.4 Å². The maximum Gasteiger partial charge on any atom is 0.264 e. The predicted molar refractivity (Wildman–Crippen MR) is 104 cm³/mol. The molecule has 1 aromatic heterocycles. The molecule has 140 valence electrons. The van der Waals surface area contributed by atoms with Crippen LogP contribution in [0.5, 0.6) is 0 Å². The van der Waals surface area contributed by atoms with Gasteiger partial charge < -0.3 is 14.7 Å². The van der Waals surface area contributed by atoms with Crippen LogP contribution in [0.25, 0.3) is 0 Å². The summed E-state index contributed by atoms with van der Waals surface area (Å²) < 4.78 is 0. The Morgan fingerprint density at radius 2 is 1.85 bits per heavy atom. The Hall–Kier alpha value is -2.67. The van der Waals surface area contributed by atoms with E-state index in [0.717, 1.165) is 5.69 Å². The first-order valence-corrected chi connectivity index (χ1v) is 9.85. The lowest BCUT2D eigenvalue weighted by molar-refractivity contribution is -0.142. The van der Waals surface area contributed by atoms with Crippen molar-refractivity contribution >= 4 is 34.7 Å². The second-order valence-electron chi connectivity index (χ2n) is 7.10. The normalized spacial score (nSPS) is 22.6. The van der Waals surface area contributed by atoms with Crippen LogP contribution in [-0.4, -0.2) is 59.2 Å². The molecule has 0 saturated carbocycles. The number of hydrogen-bond donors (Lipinski definition) is 0. The third-order valence-electron chi connectivity index (χ3n) is 5.42. The number of thiophene rings is 1. The molecule has 2 aromatic rings. The number of carbonyl (C=O) groups is 3. The predicted octanol–water partition coefficient (Wildman–Crippen LogP) is 2.23. The fraction of sp³-hybridized carbons (Fsp3) is 0.350. The number of carbonyl (C=O) groups excluding carboxylic acids is 3. The fourth-order valence-electron chi connectivity index (χ4n) is 4.08. The zero-order chi connectivity index (χ0) is 19.0. The molecule has 0 N–H and O–H groups in total. The molecule has 0 bridgehead atoms. The number of rotatable bonds is 2. The zero-order valence-corrected chi connectivity index (χ0v) is 15.9. The van der Waals surface area contributed by atoms with Crippen LogP contribution < -0.4 is 4.90 Å². The molecule has 1 spiro atoms. The van der Waals surface area contributed by atoms with E-state index in [1.165, 1.54) is 18.3 Å². The van der Waals surface area contributed by atoms with Gasteiger partial charge in [0.25, 0.3) is 5.91 Å². The van der Waals surface area contributed by atoms with E-state index >= 15 is 0 Å². The summed E-state index contributed by atoms with van der Waals surface area (Å²) in [7, 11) is 0. The maximum absolute atomic E-state index is 12.8. The largest absolute Gasteiger partial charge is 0.335 e. The van der Waals surface area contributed by atoms with E-state index in [9.17, 15) is 14.4 Å². The maximum atomic E-state index is 12.8. The molecule has 2 aliphatic heterocycles. The van der Waals surface area contributed by atoms with Gasteiger partial charge in [0.1, 0.15) is 6.54 Å². The van der Waals surface area contributed by atoms with Crippen LogP contribution in [0, 0.1) is 0 Å². The SMILES string of the molecule is CC(=O)N1CC(=O)N(c2ccccc2)CC12CCN(C(=O)c1cccs1)C2. The number of para-hydroxylation sites is 1. The molecule has 2 fully saturated rings. The fourth-order valence-corrected chi connectivity index (χ4v) is 4.77. The first-order valence-electron chi connectivity index (χ1n) is 8.97. The Balaban J connectivity index is 1.63. The summed E-state index contributed by atoms with van der Waals surface area (Å²) >= 11 is 1.42. The van der Waals surface area contributed by atoms with Crippen LogP contribution in [0.1, 0.15) is 23.0 Å². The molecule has 2 aliphatic rings. The third kappa shape index (κ3) is 3.12. The first kappa shape index (κ1) is 17.7. The monoisotopic (exact) mass is 383 g/mol. The number of amides is 3. The van der Waals surface area contributed by atoms with Gasteiger partial charge in [0.05, 0.1) is 17.0 Å². The molecule has 0 radical (unpaired) electrons. The Bertz CT molecular complexity index is 868. The van der Waals surface area contributed by atoms with Crippen LogP contribution >= 0.6 is 11.3 Å². The van der Waals surface area contributed by atoms with E-state index in [-0.39, 0.29) is 24.3 Å². The molecule has 4 rings (SSSR count). The van der Waals surface area contributed by atoms with Gasteiger partial charge in [-0.25, -0.2) is 0 Å². The van der Waals surface area contributed by atoms with Crippen molar-refractivity contribution in [2.75, 3.05) is 31.1 Å². The van der Waals surface area contributed by atoms with Gasteiger partial charge in [0.2, 0.25) is 11.8 Å². The van der Waals surface area contributed by atoms with Crippen molar-refractivity contribution in [3.05, 3.63) is 52.7 Å². The van der Waals surface area contributed by atoms with Gasteiger partial charge >= 0.3 is 0 Å². The second-order valence-corrected chi connectivity index (χ2v) is 8.05. The van der Waals surface area contributed by atoms with Crippen molar-refractivity contribution in [1.29, 1.82) is 0 Å². The number of piperazine rings is 1. The minimum Gasteiger partial charge on any atom is -0.335 e. The topological polar surface area (TPSA) is 60.9 Å². The Morgan fingerprint density at radius 1 is 1.07 bits per heavy atom. The minimum atomic E-state index is -0.539. The highest BCUT2D eigenvalue weighted by molar-refractivity contribution is 7.12. The highest BCUT2D eigenvalue weighted by Crippen LogP contribution is 2.35. The van der Waals surface area contributed by atoms with Crippen molar-refractivity contribution in [2.24, 2.45) is 0 Å². The summed E-state index contributed by atoms with van der Waals surface area (Å²) in [6.07, 6.45) is 0.667. The van der Waals surface area contributed by atoms with Gasteiger partial charge in [-0.05, 0) is 30.0 Å². The highest BCUT2D eigenvalue weighted by Gasteiger charge is 2.51. The molecule has 2 saturated heterocycles. The molecule has 3 amide bonds. The molecule has 3 heterocycles. The summed E-state index contributed by atoms with van der Waals surface area (Å²) in [5, 5.41) is 1.89. The van der Waals surface area contributed by atoms with Crippen LogP contribution in [0.15, 0.2) is 47.8 Å². The Labute approximate surface area is 162 Å². The summed E-state index contributed by atoms with van der Waals surface area (Å²) in [5.41, 5.74) is 0.288. The van der Waals surface area contributed by atoms with Crippen LogP contribution in [0.2, 0.25) is 0 Å². The van der Waals surface area contributed by atoms with Gasteiger partial charge in [-0.2, -0.15) is 0 Å². The standard InChI is InChI=1S/C20H21N3O3S/c1-15(24)23-12-18(25)22(16-6-3-2-4-7-16)14-20(23)9-10-21(13-20)19(26)17-8-5-11-27-17/h2-8,11H,9-10,12-14H2,1H3. The van der Waals surface area contributed by atoms with Gasteiger partial charge in [0.15, 0.2) is 0 Å². The number of likely N-dealkylation sites (tertiary alicyclic amines) is 1. The average Bonchev–Trinajstić information content (AvgIpc) is 3.34. The Morgan fingerprint density at radius 3 is 2.52 bits per heavy atom. The van der Waals surface area contributed by atoms with E-state index < -0.39 is 5.54 Å². The van der Waals surface area contributed by atoms with Gasteiger partial charge in [0, 0.05) is 25.7 Å². The number of hydrogen-bond acceptors (Lipinski definition) is 4. The lowest BCUT2D eigenvalue weighted by Gasteiger charge is -2.48. The molecule has 27 heavy (non-hydrogen) atoms. The highest BCUT2D eigenvalue weighted by atomic mass is 32.1. The molecule has 1 unspecified atom stereocenters. The molecule has 0 aliphatic carbocycles. The summed E-state index contributed by atoms with van der Waals surface area (Å²) in [6.45, 7) is 2.98. The second kappa shape index (κ2) is 6.81.